The lowest BCUT2D eigenvalue weighted by Crippen LogP contribution is -2.37. The first-order valence-electron chi connectivity index (χ1n) is 9.34. The quantitative estimate of drug-likeness (QED) is 0.527. The third kappa shape index (κ3) is 4.19. The van der Waals surface area contributed by atoms with E-state index in [1.807, 2.05) is 0 Å². The first-order valence-corrected chi connectivity index (χ1v) is 10.1. The number of rotatable bonds is 6. The molecule has 2 aliphatic rings. The van der Waals surface area contributed by atoms with Crippen molar-refractivity contribution in [2.24, 2.45) is 5.41 Å². The van der Waals surface area contributed by atoms with Gasteiger partial charge in [0.25, 0.3) is 0 Å². The molecule has 3 rings (SSSR count). The number of hydrogen-bond acceptors (Lipinski definition) is 4. The average Bonchev–Trinajstić information content (AvgIpc) is 2.95. The fraction of sp³-hybridized carbons (Fsp3) is 0.381. The Labute approximate surface area is 178 Å². The van der Waals surface area contributed by atoms with Crippen molar-refractivity contribution in [3.05, 3.63) is 57.2 Å². The molecule has 6 nitrogen and oxygen atoms in total. The van der Waals surface area contributed by atoms with E-state index in [1.165, 1.54) is 11.0 Å². The number of carbonyl (C=O) groups is 3. The van der Waals surface area contributed by atoms with Gasteiger partial charge in [-0.2, -0.15) is 0 Å². The number of carbonyl (C=O) groups excluding carboxylic acids is 2. The second kappa shape index (κ2) is 8.59. The van der Waals surface area contributed by atoms with Crippen LogP contribution in [0.2, 0.25) is 10.0 Å². The summed E-state index contributed by atoms with van der Waals surface area (Å²) in [7, 11) is 0. The third-order valence-corrected chi connectivity index (χ3v) is 5.85. The summed E-state index contributed by atoms with van der Waals surface area (Å²) in [6, 6.07) is 5.01. The normalized spacial score (nSPS) is 21.6. The fourth-order valence-corrected chi connectivity index (χ4v) is 4.54. The number of halogens is 2. The van der Waals surface area contributed by atoms with Crippen LogP contribution in [0.15, 0.2) is 41.6 Å². The number of aliphatic carboxylic acids is 1. The standard InChI is InChI=1S/C21H21Cl2NO5/c1-2-29-20(28)21-9-3-4-13(6-8-18(26)27)19(21)24(17(25)11-21)12-14-5-7-15(22)10-16(14)23/h5-8,10H,2-4,9,11-12H2,1H3,(H,26,27)/b8-6+. The average molecular weight is 438 g/mol. The molecule has 1 atom stereocenters. The minimum atomic E-state index is -1.10. The molecule has 0 spiro atoms. The van der Waals surface area contributed by atoms with Gasteiger partial charge >= 0.3 is 11.9 Å². The SMILES string of the molecule is CCOC(=O)C12CCCC(/C=C/C(=O)O)=C1N(Cc1ccc(Cl)cc1Cl)C(=O)C2. The van der Waals surface area contributed by atoms with E-state index in [2.05, 4.69) is 0 Å². The van der Waals surface area contributed by atoms with Crippen molar-refractivity contribution in [3.63, 3.8) is 0 Å². The maximum atomic E-state index is 13.0. The Morgan fingerprint density at radius 3 is 2.76 bits per heavy atom. The van der Waals surface area contributed by atoms with Gasteiger partial charge in [0.1, 0.15) is 5.41 Å². The van der Waals surface area contributed by atoms with Gasteiger partial charge in [-0.15, -0.1) is 0 Å². The van der Waals surface area contributed by atoms with Gasteiger partial charge in [-0.05, 0) is 49.5 Å². The zero-order valence-corrected chi connectivity index (χ0v) is 17.4. The maximum Gasteiger partial charge on any atom is 0.328 e. The zero-order valence-electron chi connectivity index (χ0n) is 15.9. The molecule has 0 bridgehead atoms. The lowest BCUT2D eigenvalue weighted by molar-refractivity contribution is -0.154. The Hall–Kier alpha value is -2.31. The first-order chi connectivity index (χ1) is 13.8. The van der Waals surface area contributed by atoms with Crippen LogP contribution in [0, 0.1) is 5.41 Å². The van der Waals surface area contributed by atoms with E-state index in [4.69, 9.17) is 33.0 Å². The van der Waals surface area contributed by atoms with E-state index in [0.29, 0.717) is 46.1 Å². The molecule has 29 heavy (non-hydrogen) atoms. The predicted octanol–water partition coefficient (Wildman–Crippen LogP) is 4.35. The maximum absolute atomic E-state index is 13.0. The molecule has 1 aromatic carbocycles. The van der Waals surface area contributed by atoms with Gasteiger partial charge in [0, 0.05) is 28.2 Å². The summed E-state index contributed by atoms with van der Waals surface area (Å²) in [5, 5.41) is 9.94. The summed E-state index contributed by atoms with van der Waals surface area (Å²) < 4.78 is 5.31. The smallest absolute Gasteiger partial charge is 0.328 e. The molecule has 1 aliphatic heterocycles. The number of likely N-dealkylation sites (tertiary alicyclic amines) is 1. The second-order valence-corrected chi connectivity index (χ2v) is 7.94. The van der Waals surface area contributed by atoms with E-state index in [9.17, 15) is 14.4 Å². The van der Waals surface area contributed by atoms with Crippen molar-refractivity contribution in [2.75, 3.05) is 6.61 Å². The van der Waals surface area contributed by atoms with Crippen molar-refractivity contribution in [3.8, 4) is 0 Å². The van der Waals surface area contributed by atoms with Crippen molar-refractivity contribution in [1.29, 1.82) is 0 Å². The monoisotopic (exact) mass is 437 g/mol. The highest BCUT2D eigenvalue weighted by Crippen LogP contribution is 2.52. The second-order valence-electron chi connectivity index (χ2n) is 7.09. The molecule has 0 aromatic heterocycles. The molecule has 1 N–H and O–H groups in total. The van der Waals surface area contributed by atoms with Gasteiger partial charge in [-0.25, -0.2) is 4.79 Å². The lowest BCUT2D eigenvalue weighted by Gasteiger charge is -2.35. The molecule has 8 heteroatoms. The number of allylic oxidation sites excluding steroid dienone is 2. The molecule has 1 saturated heterocycles. The summed E-state index contributed by atoms with van der Waals surface area (Å²) in [5.74, 6) is -1.77. The summed E-state index contributed by atoms with van der Waals surface area (Å²) >= 11 is 12.3. The van der Waals surface area contributed by atoms with E-state index < -0.39 is 17.4 Å². The van der Waals surface area contributed by atoms with E-state index >= 15 is 0 Å². The van der Waals surface area contributed by atoms with Crippen LogP contribution in [-0.4, -0.2) is 34.5 Å². The molecule has 154 valence electrons. The number of carboxylic acid groups (broad SMARTS) is 1. The summed E-state index contributed by atoms with van der Waals surface area (Å²) in [5.41, 5.74) is 0.768. The van der Waals surface area contributed by atoms with Crippen LogP contribution in [0.1, 0.15) is 38.2 Å². The van der Waals surface area contributed by atoms with Gasteiger partial charge < -0.3 is 14.7 Å². The Bertz CT molecular complexity index is 924. The summed E-state index contributed by atoms with van der Waals surface area (Å²) in [6.45, 7) is 2.08. The molecule has 1 aliphatic carbocycles. The molecule has 1 aromatic rings. The van der Waals surface area contributed by atoms with Gasteiger partial charge in [-0.3, -0.25) is 9.59 Å². The number of ether oxygens (including phenoxy) is 1. The van der Waals surface area contributed by atoms with Gasteiger partial charge in [0.15, 0.2) is 0 Å². The molecule has 0 saturated carbocycles. The fourth-order valence-electron chi connectivity index (χ4n) is 4.07. The van der Waals surface area contributed by atoms with Gasteiger partial charge in [0.05, 0.1) is 13.2 Å². The van der Waals surface area contributed by atoms with Crippen molar-refractivity contribution >= 4 is 41.0 Å². The number of esters is 1. The Balaban J connectivity index is 2.10. The molecule has 1 fully saturated rings. The molecule has 0 radical (unpaired) electrons. The van der Waals surface area contributed by atoms with Gasteiger partial charge in [-0.1, -0.05) is 35.3 Å². The zero-order chi connectivity index (χ0) is 21.2. The van der Waals surface area contributed by atoms with Crippen molar-refractivity contribution in [1.82, 2.24) is 4.90 Å². The first kappa shape index (κ1) is 21.4. The third-order valence-electron chi connectivity index (χ3n) is 5.27. The number of hydrogen-bond donors (Lipinski definition) is 1. The van der Waals surface area contributed by atoms with E-state index in [-0.39, 0.29) is 25.5 Å². The van der Waals surface area contributed by atoms with Crippen LogP contribution < -0.4 is 0 Å². The molecular formula is C21H21Cl2NO5. The van der Waals surface area contributed by atoms with E-state index in [1.54, 1.807) is 25.1 Å². The Morgan fingerprint density at radius 2 is 2.10 bits per heavy atom. The summed E-state index contributed by atoms with van der Waals surface area (Å²) in [6.07, 6.45) is 4.20. The van der Waals surface area contributed by atoms with Crippen molar-refractivity contribution < 1.29 is 24.2 Å². The van der Waals surface area contributed by atoms with Crippen LogP contribution in [0.3, 0.4) is 0 Å². The molecule has 1 heterocycles. The molecule has 1 unspecified atom stereocenters. The highest BCUT2D eigenvalue weighted by atomic mass is 35.5. The number of nitrogens with zero attached hydrogens (tertiary/aromatic N) is 1. The summed E-state index contributed by atoms with van der Waals surface area (Å²) in [4.78, 5) is 38.5. The van der Waals surface area contributed by atoms with Crippen LogP contribution in [-0.2, 0) is 25.7 Å². The predicted molar refractivity (Wildman–Crippen MR) is 108 cm³/mol. The van der Waals surface area contributed by atoms with Crippen LogP contribution in [0.25, 0.3) is 0 Å². The number of amides is 1. The minimum Gasteiger partial charge on any atom is -0.478 e. The van der Waals surface area contributed by atoms with Crippen molar-refractivity contribution in [2.45, 2.75) is 39.2 Å². The van der Waals surface area contributed by atoms with Crippen LogP contribution in [0.5, 0.6) is 0 Å². The van der Waals surface area contributed by atoms with E-state index in [0.717, 1.165) is 6.08 Å². The number of fused-ring (bicyclic) bond motifs is 1. The van der Waals surface area contributed by atoms with Crippen LogP contribution in [0.4, 0.5) is 0 Å². The Morgan fingerprint density at radius 1 is 1.34 bits per heavy atom. The molecular weight excluding hydrogens is 417 g/mol. The largest absolute Gasteiger partial charge is 0.478 e. The number of carboxylic acids is 1. The highest BCUT2D eigenvalue weighted by molar-refractivity contribution is 6.35. The number of benzene rings is 1. The Kier molecular flexibility index (Phi) is 6.34. The van der Waals surface area contributed by atoms with Crippen LogP contribution >= 0.6 is 23.2 Å². The molecule has 1 amide bonds. The topological polar surface area (TPSA) is 83.9 Å². The lowest BCUT2D eigenvalue weighted by atomic mass is 9.73. The van der Waals surface area contributed by atoms with Gasteiger partial charge in [0.2, 0.25) is 5.91 Å². The highest BCUT2D eigenvalue weighted by Gasteiger charge is 2.56. The minimum absolute atomic E-state index is 0.00319.